The van der Waals surface area contributed by atoms with Crippen LogP contribution in [0.4, 0.5) is 0 Å². The molecule has 0 atom stereocenters. The summed E-state index contributed by atoms with van der Waals surface area (Å²) >= 11 is 0. The van der Waals surface area contributed by atoms with Gasteiger partial charge in [0.2, 0.25) is 20.0 Å². The summed E-state index contributed by atoms with van der Waals surface area (Å²) in [5, 5.41) is 0. The van der Waals surface area contributed by atoms with Crippen LogP contribution in [0.1, 0.15) is 11.1 Å². The molecule has 132 valence electrons. The van der Waals surface area contributed by atoms with E-state index in [-0.39, 0.29) is 82.0 Å². The summed E-state index contributed by atoms with van der Waals surface area (Å²) in [5.74, 6) is 0. The summed E-state index contributed by atoms with van der Waals surface area (Å²) in [6.45, 7) is 3.65. The molecule has 0 fully saturated rings. The monoisotopic (exact) mass is 414 g/mol. The zero-order valence-electron chi connectivity index (χ0n) is 15.5. The van der Waals surface area contributed by atoms with Gasteiger partial charge in [-0.05, 0) is 38.1 Å². The Morgan fingerprint density at radius 2 is 0.885 bits per heavy atom. The molecule has 2 rings (SSSR count). The number of sulfonamides is 2. The number of rotatable bonds is 7. The number of benzene rings is 2. The minimum atomic E-state index is -3.65. The van der Waals surface area contributed by atoms with Crippen LogP contribution < -0.4 is 9.44 Å². The van der Waals surface area contributed by atoms with Gasteiger partial charge >= 0.3 is 0 Å². The molecule has 2 radical (unpaired) electrons. The van der Waals surface area contributed by atoms with Crippen molar-refractivity contribution in [3.05, 3.63) is 59.7 Å². The summed E-state index contributed by atoms with van der Waals surface area (Å²) < 4.78 is 53.1. The van der Waals surface area contributed by atoms with Gasteiger partial charge in [0.05, 0.1) is 9.79 Å². The van der Waals surface area contributed by atoms with Crippen LogP contribution in [-0.4, -0.2) is 89.0 Å². The first kappa shape index (κ1) is 26.3. The van der Waals surface area contributed by atoms with Crippen LogP contribution in [-0.2, 0) is 20.0 Å². The zero-order chi connectivity index (χ0) is 17.8. The fraction of sp³-hybridized carbons (Fsp3) is 0.250. The van der Waals surface area contributed by atoms with Gasteiger partial charge in [-0.1, -0.05) is 35.4 Å². The molecule has 0 amide bonds. The minimum absolute atomic E-state index is 0. The Balaban J connectivity index is 0.00000312. The predicted molar refractivity (Wildman–Crippen MR) is 104 cm³/mol. The Kier molecular flexibility index (Phi) is 11.4. The van der Waals surface area contributed by atoms with E-state index in [4.69, 9.17) is 0 Å². The van der Waals surface area contributed by atoms with E-state index in [1.807, 2.05) is 13.8 Å². The summed E-state index contributed by atoms with van der Waals surface area (Å²) in [7, 11) is -7.30. The van der Waals surface area contributed by atoms with Gasteiger partial charge in [0.15, 0.2) is 0 Å². The van der Waals surface area contributed by atoms with E-state index in [0.29, 0.717) is 0 Å². The molecule has 26 heavy (non-hydrogen) atoms. The van der Waals surface area contributed by atoms with Gasteiger partial charge in [-0.15, -0.1) is 0 Å². The molecule has 0 unspecified atom stereocenters. The Morgan fingerprint density at radius 1 is 0.615 bits per heavy atom. The molecule has 0 aliphatic carbocycles. The molecule has 2 aromatic carbocycles. The minimum Gasteiger partial charge on any atom is -0.210 e. The van der Waals surface area contributed by atoms with Crippen molar-refractivity contribution in [3.8, 4) is 0 Å². The molecule has 2 aromatic rings. The standard InChI is InChI=1S/C16H20N2O4S2.2Na/c1-13-3-7-15(8-4-13)23(19,20)17-11-12-18-24(21,22)16-9-5-14(2)6-10-16;;/h3-10,17-18H,11-12H2,1-2H3;;. The van der Waals surface area contributed by atoms with Gasteiger partial charge in [-0.3, -0.25) is 0 Å². The molecule has 2 N–H and O–H groups in total. The van der Waals surface area contributed by atoms with E-state index in [0.717, 1.165) is 11.1 Å². The average Bonchev–Trinajstić information content (AvgIpc) is 2.52. The average molecular weight is 414 g/mol. The first-order chi connectivity index (χ1) is 11.2. The second-order valence-corrected chi connectivity index (χ2v) is 8.96. The first-order valence-corrected chi connectivity index (χ1v) is 10.3. The quantitative estimate of drug-likeness (QED) is 0.518. The maximum Gasteiger partial charge on any atom is 0.240 e. The van der Waals surface area contributed by atoms with Gasteiger partial charge in [0.1, 0.15) is 0 Å². The smallest absolute Gasteiger partial charge is 0.210 e. The summed E-state index contributed by atoms with van der Waals surface area (Å²) in [4.78, 5) is 0.295. The summed E-state index contributed by atoms with van der Waals surface area (Å²) in [6.07, 6.45) is 0. The van der Waals surface area contributed by atoms with Crippen LogP contribution in [0.5, 0.6) is 0 Å². The van der Waals surface area contributed by atoms with E-state index in [9.17, 15) is 16.8 Å². The number of nitrogens with one attached hydrogen (secondary N) is 2. The molecule has 0 saturated heterocycles. The van der Waals surface area contributed by atoms with Gasteiger partial charge < -0.3 is 0 Å². The third-order valence-electron chi connectivity index (χ3n) is 3.37. The van der Waals surface area contributed by atoms with Crippen molar-refractivity contribution in [3.63, 3.8) is 0 Å². The molecule has 0 saturated carbocycles. The van der Waals surface area contributed by atoms with Crippen LogP contribution >= 0.6 is 0 Å². The van der Waals surface area contributed by atoms with Crippen LogP contribution in [0.25, 0.3) is 0 Å². The Labute approximate surface area is 199 Å². The van der Waals surface area contributed by atoms with Crippen molar-refractivity contribution < 1.29 is 16.8 Å². The maximum atomic E-state index is 12.1. The van der Waals surface area contributed by atoms with Gasteiger partial charge in [-0.2, -0.15) is 0 Å². The van der Waals surface area contributed by atoms with Crippen LogP contribution in [0.2, 0.25) is 0 Å². The fourth-order valence-electron chi connectivity index (χ4n) is 1.97. The Hall–Kier alpha value is 0.260. The topological polar surface area (TPSA) is 92.3 Å². The van der Waals surface area contributed by atoms with Crippen LogP contribution in [0.15, 0.2) is 58.3 Å². The van der Waals surface area contributed by atoms with Crippen molar-refractivity contribution in [2.45, 2.75) is 23.6 Å². The van der Waals surface area contributed by atoms with Crippen molar-refractivity contribution in [2.24, 2.45) is 0 Å². The second-order valence-electron chi connectivity index (χ2n) is 5.42. The van der Waals surface area contributed by atoms with Crippen molar-refractivity contribution in [1.29, 1.82) is 0 Å². The second kappa shape index (κ2) is 11.3. The van der Waals surface area contributed by atoms with Crippen molar-refractivity contribution >= 4 is 79.2 Å². The largest absolute Gasteiger partial charge is 0.240 e. The van der Waals surface area contributed by atoms with E-state index >= 15 is 0 Å². The zero-order valence-corrected chi connectivity index (χ0v) is 21.1. The van der Waals surface area contributed by atoms with Gasteiger partial charge in [0.25, 0.3) is 0 Å². The fourth-order valence-corrected chi connectivity index (χ4v) is 4.04. The Morgan fingerprint density at radius 3 is 1.15 bits per heavy atom. The van der Waals surface area contributed by atoms with Gasteiger partial charge in [0, 0.05) is 72.2 Å². The summed E-state index contributed by atoms with van der Waals surface area (Å²) in [5.41, 5.74) is 1.92. The van der Waals surface area contributed by atoms with E-state index in [1.54, 1.807) is 24.3 Å². The molecule has 0 aromatic heterocycles. The van der Waals surface area contributed by atoms with Gasteiger partial charge in [-0.25, -0.2) is 26.3 Å². The predicted octanol–water partition coefficient (Wildman–Crippen LogP) is 0.799. The molecule has 0 heterocycles. The number of aryl methyl sites for hydroxylation is 2. The molecule has 10 heteroatoms. The van der Waals surface area contributed by atoms with E-state index in [2.05, 4.69) is 9.44 Å². The third kappa shape index (κ3) is 7.71. The third-order valence-corrected chi connectivity index (χ3v) is 6.33. The summed E-state index contributed by atoms with van der Waals surface area (Å²) in [6, 6.07) is 12.8. The van der Waals surface area contributed by atoms with Crippen molar-refractivity contribution in [1.82, 2.24) is 9.44 Å². The molecule has 6 nitrogen and oxygen atoms in total. The van der Waals surface area contributed by atoms with E-state index < -0.39 is 20.0 Å². The SMILES string of the molecule is Cc1ccc(S(=O)(=O)NCCNS(=O)(=O)c2ccc(C)cc2)cc1.[Na].[Na]. The maximum absolute atomic E-state index is 12.1. The molecule has 0 aliphatic heterocycles. The van der Waals surface area contributed by atoms with E-state index in [1.165, 1.54) is 24.3 Å². The number of hydrogen-bond acceptors (Lipinski definition) is 4. The van der Waals surface area contributed by atoms with Crippen LogP contribution in [0.3, 0.4) is 0 Å². The molecular weight excluding hydrogens is 394 g/mol. The Bertz CT molecular complexity index is 821. The van der Waals surface area contributed by atoms with Crippen LogP contribution in [0, 0.1) is 13.8 Å². The molecular formula is C16H20N2Na2O4S2. The normalized spacial score (nSPS) is 11.3. The number of hydrogen-bond donors (Lipinski definition) is 2. The first-order valence-electron chi connectivity index (χ1n) is 7.33. The molecule has 0 spiro atoms. The molecule has 0 aliphatic rings. The van der Waals surface area contributed by atoms with Crippen molar-refractivity contribution in [2.75, 3.05) is 13.1 Å². The molecule has 0 bridgehead atoms.